The average molecular weight is 279 g/mol. The zero-order valence-electron chi connectivity index (χ0n) is 10.5. The molecule has 0 saturated heterocycles. The van der Waals surface area contributed by atoms with Gasteiger partial charge in [-0.15, -0.1) is 0 Å². The summed E-state index contributed by atoms with van der Waals surface area (Å²) in [6, 6.07) is 0. The van der Waals surface area contributed by atoms with Crippen molar-refractivity contribution < 1.29 is 22.4 Å². The minimum Gasteiger partial charge on any atom is -0.376 e. The van der Waals surface area contributed by atoms with Gasteiger partial charge in [0.2, 0.25) is 5.89 Å². The summed E-state index contributed by atoms with van der Waals surface area (Å²) in [5.41, 5.74) is 4.90. The lowest BCUT2D eigenvalue weighted by molar-refractivity contribution is -0.131. The number of nitrogens with zero attached hydrogens (tertiary/aromatic N) is 2. The maximum atomic E-state index is 12.2. The van der Waals surface area contributed by atoms with Crippen molar-refractivity contribution >= 4 is 0 Å². The molecule has 1 aromatic heterocycles. The van der Waals surface area contributed by atoms with Crippen LogP contribution in [0.3, 0.4) is 0 Å². The number of hydrogen-bond acceptors (Lipinski definition) is 5. The molecule has 0 spiro atoms. The van der Waals surface area contributed by atoms with Crippen molar-refractivity contribution in [1.82, 2.24) is 10.1 Å². The highest BCUT2D eigenvalue weighted by Crippen LogP contribution is 2.25. The van der Waals surface area contributed by atoms with Crippen LogP contribution >= 0.6 is 0 Å². The van der Waals surface area contributed by atoms with Crippen LogP contribution in [0.2, 0.25) is 0 Å². The van der Waals surface area contributed by atoms with Gasteiger partial charge in [-0.25, -0.2) is 0 Å². The SMILES string of the molecule is CC(N)(COC1CCC1)c1noc(CC(F)(F)F)n1. The molecule has 2 rings (SSSR count). The number of hydrogen-bond donors (Lipinski definition) is 1. The molecule has 108 valence electrons. The minimum absolute atomic E-state index is 0.0334. The number of alkyl halides is 3. The van der Waals surface area contributed by atoms with Crippen LogP contribution in [0, 0.1) is 0 Å². The van der Waals surface area contributed by atoms with Crippen molar-refractivity contribution in [3.63, 3.8) is 0 Å². The van der Waals surface area contributed by atoms with Gasteiger partial charge in [0.05, 0.1) is 12.7 Å². The first-order valence-electron chi connectivity index (χ1n) is 6.06. The Kier molecular flexibility index (Phi) is 3.82. The van der Waals surface area contributed by atoms with E-state index in [-0.39, 0.29) is 18.5 Å². The molecule has 1 aliphatic rings. The molecule has 0 bridgehead atoms. The van der Waals surface area contributed by atoms with Crippen LogP contribution in [0.25, 0.3) is 0 Å². The Labute approximate surface area is 108 Å². The van der Waals surface area contributed by atoms with Crippen molar-refractivity contribution in [3.8, 4) is 0 Å². The van der Waals surface area contributed by atoms with Gasteiger partial charge in [-0.3, -0.25) is 0 Å². The second-order valence-corrected chi connectivity index (χ2v) is 5.09. The van der Waals surface area contributed by atoms with Crippen molar-refractivity contribution in [1.29, 1.82) is 0 Å². The molecule has 8 heteroatoms. The molecule has 1 unspecified atom stereocenters. The fourth-order valence-electron chi connectivity index (χ4n) is 1.62. The van der Waals surface area contributed by atoms with Crippen LogP contribution in [-0.4, -0.2) is 29.0 Å². The molecule has 1 aliphatic carbocycles. The van der Waals surface area contributed by atoms with E-state index in [1.54, 1.807) is 6.92 Å². The molecule has 1 atom stereocenters. The van der Waals surface area contributed by atoms with E-state index in [0.29, 0.717) is 0 Å². The maximum absolute atomic E-state index is 12.2. The van der Waals surface area contributed by atoms with Crippen LogP contribution in [0.15, 0.2) is 4.52 Å². The van der Waals surface area contributed by atoms with Crippen LogP contribution in [0.1, 0.15) is 37.9 Å². The lowest BCUT2D eigenvalue weighted by Crippen LogP contribution is -2.41. The van der Waals surface area contributed by atoms with Gasteiger partial charge in [0.25, 0.3) is 0 Å². The van der Waals surface area contributed by atoms with E-state index in [0.717, 1.165) is 19.3 Å². The third-order valence-corrected chi connectivity index (χ3v) is 3.00. The van der Waals surface area contributed by atoms with Gasteiger partial charge in [0, 0.05) is 0 Å². The Morgan fingerprint density at radius 2 is 2.11 bits per heavy atom. The molecular formula is C11H16F3N3O2. The van der Waals surface area contributed by atoms with Crippen LogP contribution in [-0.2, 0) is 16.7 Å². The van der Waals surface area contributed by atoms with E-state index in [2.05, 4.69) is 14.7 Å². The van der Waals surface area contributed by atoms with E-state index in [4.69, 9.17) is 10.5 Å². The number of rotatable bonds is 5. The highest BCUT2D eigenvalue weighted by atomic mass is 19.4. The van der Waals surface area contributed by atoms with Gasteiger partial charge >= 0.3 is 6.18 Å². The highest BCUT2D eigenvalue weighted by molar-refractivity contribution is 5.02. The molecule has 5 nitrogen and oxygen atoms in total. The Hall–Kier alpha value is -1.15. The molecule has 1 fully saturated rings. The average Bonchev–Trinajstić information content (AvgIpc) is 2.61. The van der Waals surface area contributed by atoms with Gasteiger partial charge in [-0.2, -0.15) is 18.2 Å². The summed E-state index contributed by atoms with van der Waals surface area (Å²) in [4.78, 5) is 3.69. The van der Waals surface area contributed by atoms with Crippen LogP contribution < -0.4 is 5.73 Å². The summed E-state index contributed by atoms with van der Waals surface area (Å²) in [5.74, 6) is -0.450. The molecule has 1 saturated carbocycles. The van der Waals surface area contributed by atoms with Crippen molar-refractivity contribution in [2.24, 2.45) is 5.73 Å². The number of halogens is 3. The predicted molar refractivity (Wildman–Crippen MR) is 59.2 cm³/mol. The second kappa shape index (κ2) is 5.09. The molecule has 2 N–H and O–H groups in total. The van der Waals surface area contributed by atoms with E-state index < -0.39 is 24.0 Å². The van der Waals surface area contributed by atoms with Crippen LogP contribution in [0.4, 0.5) is 13.2 Å². The largest absolute Gasteiger partial charge is 0.397 e. The van der Waals surface area contributed by atoms with Gasteiger partial charge in [0.15, 0.2) is 5.82 Å². The topological polar surface area (TPSA) is 74.2 Å². The molecule has 0 aliphatic heterocycles. The van der Waals surface area contributed by atoms with E-state index in [9.17, 15) is 13.2 Å². The van der Waals surface area contributed by atoms with E-state index >= 15 is 0 Å². The fraction of sp³-hybridized carbons (Fsp3) is 0.818. The van der Waals surface area contributed by atoms with Gasteiger partial charge in [-0.05, 0) is 26.2 Å². The summed E-state index contributed by atoms with van der Waals surface area (Å²) >= 11 is 0. The Bertz CT molecular complexity index is 427. The van der Waals surface area contributed by atoms with E-state index in [1.165, 1.54) is 0 Å². The summed E-state index contributed by atoms with van der Waals surface area (Å²) in [5, 5.41) is 3.50. The molecule has 1 aromatic rings. The molecule has 0 radical (unpaired) electrons. The maximum Gasteiger partial charge on any atom is 0.397 e. The Balaban J connectivity index is 1.95. The second-order valence-electron chi connectivity index (χ2n) is 5.09. The molecule has 0 amide bonds. The summed E-state index contributed by atoms with van der Waals surface area (Å²) < 4.78 is 46.6. The first kappa shape index (κ1) is 14.3. The van der Waals surface area contributed by atoms with E-state index in [1.807, 2.05) is 0 Å². The fourth-order valence-corrected chi connectivity index (χ4v) is 1.62. The van der Waals surface area contributed by atoms with Crippen molar-refractivity contribution in [2.45, 2.75) is 50.4 Å². The minimum atomic E-state index is -4.38. The molecule has 1 heterocycles. The molecule has 0 aromatic carbocycles. The summed E-state index contributed by atoms with van der Waals surface area (Å²) in [6.45, 7) is 1.76. The van der Waals surface area contributed by atoms with Crippen LogP contribution in [0.5, 0.6) is 0 Å². The van der Waals surface area contributed by atoms with Gasteiger partial charge < -0.3 is 15.0 Å². The monoisotopic (exact) mass is 279 g/mol. The third kappa shape index (κ3) is 3.90. The number of ether oxygens (including phenoxy) is 1. The normalized spacial score (nSPS) is 20.1. The summed E-state index contributed by atoms with van der Waals surface area (Å²) in [6.07, 6.45) is -2.34. The lowest BCUT2D eigenvalue weighted by atomic mass is 9.95. The zero-order chi connectivity index (χ0) is 14.1. The zero-order valence-corrected chi connectivity index (χ0v) is 10.5. The smallest absolute Gasteiger partial charge is 0.376 e. The molecular weight excluding hydrogens is 263 g/mol. The Morgan fingerprint density at radius 3 is 2.63 bits per heavy atom. The quantitative estimate of drug-likeness (QED) is 0.891. The predicted octanol–water partition coefficient (Wildman–Crippen LogP) is 1.92. The highest BCUT2D eigenvalue weighted by Gasteiger charge is 2.34. The Morgan fingerprint density at radius 1 is 1.42 bits per heavy atom. The first-order valence-corrected chi connectivity index (χ1v) is 6.06. The third-order valence-electron chi connectivity index (χ3n) is 3.00. The van der Waals surface area contributed by atoms with Crippen molar-refractivity contribution in [2.75, 3.05) is 6.61 Å². The first-order chi connectivity index (χ1) is 8.76. The van der Waals surface area contributed by atoms with Crippen molar-refractivity contribution in [3.05, 3.63) is 11.7 Å². The van der Waals surface area contributed by atoms with Gasteiger partial charge in [-0.1, -0.05) is 5.16 Å². The summed E-state index contributed by atoms with van der Waals surface area (Å²) in [7, 11) is 0. The van der Waals surface area contributed by atoms with Gasteiger partial charge in [0.1, 0.15) is 12.0 Å². The lowest BCUT2D eigenvalue weighted by Gasteiger charge is -2.29. The number of nitrogens with two attached hydrogens (primary N) is 1. The standard InChI is InChI=1S/C11H16F3N3O2/c1-10(15,6-18-7-3-2-4-7)9-16-8(19-17-9)5-11(12,13)14/h7H,2-6,15H2,1H3. The molecule has 19 heavy (non-hydrogen) atoms. The number of aromatic nitrogens is 2.